The van der Waals surface area contributed by atoms with E-state index in [0.29, 0.717) is 13.2 Å². The average Bonchev–Trinajstić information content (AvgIpc) is 2.29. The number of hydrogen-bond acceptors (Lipinski definition) is 3. The topological polar surface area (TPSA) is 35.5 Å². The Morgan fingerprint density at radius 1 is 1.35 bits per heavy atom. The lowest BCUT2D eigenvalue weighted by Gasteiger charge is -2.15. The van der Waals surface area contributed by atoms with E-state index in [1.54, 1.807) is 6.92 Å². The quantitative estimate of drug-likeness (QED) is 0.781. The first kappa shape index (κ1) is 14.0. The zero-order valence-corrected chi connectivity index (χ0v) is 11.9. The second-order valence-electron chi connectivity index (χ2n) is 3.59. The van der Waals surface area contributed by atoms with Gasteiger partial charge in [0.2, 0.25) is 0 Å². The molecule has 1 atom stereocenters. The molecule has 0 amide bonds. The van der Waals surface area contributed by atoms with Crippen molar-refractivity contribution in [3.63, 3.8) is 0 Å². The van der Waals surface area contributed by atoms with Crippen LogP contribution < -0.4 is 4.74 Å². The molecule has 17 heavy (non-hydrogen) atoms. The molecular weight excluding hydrogens is 284 g/mol. The molecule has 0 aliphatic heterocycles. The van der Waals surface area contributed by atoms with E-state index in [0.717, 1.165) is 15.8 Å². The van der Waals surface area contributed by atoms with Gasteiger partial charge in [0, 0.05) is 10.0 Å². The van der Waals surface area contributed by atoms with Gasteiger partial charge in [-0.05, 0) is 32.9 Å². The number of rotatable bonds is 5. The third-order valence-electron chi connectivity index (χ3n) is 2.38. The van der Waals surface area contributed by atoms with Crippen LogP contribution in [0.15, 0.2) is 22.7 Å². The van der Waals surface area contributed by atoms with E-state index in [2.05, 4.69) is 15.9 Å². The molecule has 0 bridgehead atoms. The summed E-state index contributed by atoms with van der Waals surface area (Å²) in [6.45, 7) is 6.50. The molecule has 1 aromatic rings. The van der Waals surface area contributed by atoms with Crippen LogP contribution in [0.3, 0.4) is 0 Å². The van der Waals surface area contributed by atoms with Crippen molar-refractivity contribution >= 4 is 21.9 Å². The fourth-order valence-electron chi connectivity index (χ4n) is 1.54. The molecule has 0 spiro atoms. The van der Waals surface area contributed by atoms with Gasteiger partial charge in [-0.1, -0.05) is 22.0 Å². The van der Waals surface area contributed by atoms with Gasteiger partial charge in [0.15, 0.2) is 0 Å². The molecule has 0 N–H and O–H groups in total. The van der Waals surface area contributed by atoms with Gasteiger partial charge in [0.05, 0.1) is 19.1 Å². The van der Waals surface area contributed by atoms with E-state index in [1.807, 2.05) is 32.0 Å². The maximum Gasteiger partial charge on any atom is 0.313 e. The number of hydrogen-bond donors (Lipinski definition) is 0. The Balaban J connectivity index is 2.99. The van der Waals surface area contributed by atoms with Gasteiger partial charge in [-0.25, -0.2) is 0 Å². The summed E-state index contributed by atoms with van der Waals surface area (Å²) in [6.07, 6.45) is 0. The van der Waals surface area contributed by atoms with Crippen molar-refractivity contribution in [2.24, 2.45) is 0 Å². The van der Waals surface area contributed by atoms with E-state index >= 15 is 0 Å². The van der Waals surface area contributed by atoms with Crippen LogP contribution in [0.1, 0.15) is 32.3 Å². The summed E-state index contributed by atoms with van der Waals surface area (Å²) < 4.78 is 11.5. The summed E-state index contributed by atoms with van der Waals surface area (Å²) >= 11 is 3.39. The highest BCUT2D eigenvalue weighted by Gasteiger charge is 2.20. The molecule has 0 heterocycles. The number of carbonyl (C=O) groups excluding carboxylic acids is 1. The number of esters is 1. The minimum atomic E-state index is -0.315. The van der Waals surface area contributed by atoms with Crippen LogP contribution in [0.4, 0.5) is 0 Å². The van der Waals surface area contributed by atoms with Crippen molar-refractivity contribution in [1.82, 2.24) is 0 Å². The molecule has 0 saturated carbocycles. The SMILES string of the molecule is CCOC(=O)C(C)c1ccc(Br)cc1OCC. The van der Waals surface area contributed by atoms with Crippen LogP contribution in [0.2, 0.25) is 0 Å². The van der Waals surface area contributed by atoms with Gasteiger partial charge < -0.3 is 9.47 Å². The second-order valence-corrected chi connectivity index (χ2v) is 4.50. The van der Waals surface area contributed by atoms with Gasteiger partial charge in [-0.2, -0.15) is 0 Å². The van der Waals surface area contributed by atoms with E-state index in [1.165, 1.54) is 0 Å². The monoisotopic (exact) mass is 300 g/mol. The molecular formula is C13H17BrO3. The highest BCUT2D eigenvalue weighted by atomic mass is 79.9. The fourth-order valence-corrected chi connectivity index (χ4v) is 1.88. The molecule has 1 rings (SSSR count). The Morgan fingerprint density at radius 3 is 2.65 bits per heavy atom. The van der Waals surface area contributed by atoms with Crippen molar-refractivity contribution in [2.45, 2.75) is 26.7 Å². The Hall–Kier alpha value is -1.03. The summed E-state index contributed by atoms with van der Waals surface area (Å²) in [7, 11) is 0. The van der Waals surface area contributed by atoms with Crippen molar-refractivity contribution in [3.05, 3.63) is 28.2 Å². The zero-order valence-electron chi connectivity index (χ0n) is 10.3. The molecule has 1 aromatic carbocycles. The molecule has 4 heteroatoms. The second kappa shape index (κ2) is 6.64. The summed E-state index contributed by atoms with van der Waals surface area (Å²) in [5, 5.41) is 0. The lowest BCUT2D eigenvalue weighted by atomic mass is 10.0. The van der Waals surface area contributed by atoms with Crippen molar-refractivity contribution < 1.29 is 14.3 Å². The smallest absolute Gasteiger partial charge is 0.313 e. The molecule has 0 aliphatic carbocycles. The summed E-state index contributed by atoms with van der Waals surface area (Å²) in [4.78, 5) is 11.7. The number of ether oxygens (including phenoxy) is 2. The van der Waals surface area contributed by atoms with Gasteiger partial charge >= 0.3 is 5.97 Å². The summed E-state index contributed by atoms with van der Waals surface area (Å²) in [5.74, 6) is 0.183. The van der Waals surface area contributed by atoms with E-state index in [-0.39, 0.29) is 11.9 Å². The Labute approximate surface area is 110 Å². The van der Waals surface area contributed by atoms with Crippen molar-refractivity contribution in [2.75, 3.05) is 13.2 Å². The molecule has 94 valence electrons. The average molecular weight is 301 g/mol. The van der Waals surface area contributed by atoms with Gasteiger partial charge in [0.25, 0.3) is 0 Å². The first-order valence-electron chi connectivity index (χ1n) is 5.69. The summed E-state index contributed by atoms with van der Waals surface area (Å²) in [5.41, 5.74) is 0.855. The minimum Gasteiger partial charge on any atom is -0.494 e. The van der Waals surface area contributed by atoms with Gasteiger partial charge in [0.1, 0.15) is 5.75 Å². The molecule has 1 unspecified atom stereocenters. The molecule has 0 radical (unpaired) electrons. The molecule has 0 aromatic heterocycles. The number of halogens is 1. The van der Waals surface area contributed by atoms with E-state index < -0.39 is 0 Å². The third kappa shape index (κ3) is 3.73. The van der Waals surface area contributed by atoms with Crippen LogP contribution >= 0.6 is 15.9 Å². The molecule has 0 fully saturated rings. The predicted octanol–water partition coefficient (Wildman–Crippen LogP) is 3.51. The Morgan fingerprint density at radius 2 is 2.06 bits per heavy atom. The maximum absolute atomic E-state index is 11.7. The zero-order chi connectivity index (χ0) is 12.8. The lowest BCUT2D eigenvalue weighted by Crippen LogP contribution is -2.14. The van der Waals surface area contributed by atoms with Crippen LogP contribution in [0, 0.1) is 0 Å². The number of benzene rings is 1. The lowest BCUT2D eigenvalue weighted by molar-refractivity contribution is -0.144. The van der Waals surface area contributed by atoms with E-state index in [4.69, 9.17) is 9.47 Å². The van der Waals surface area contributed by atoms with Crippen LogP contribution in [0.5, 0.6) is 5.75 Å². The van der Waals surface area contributed by atoms with Crippen LogP contribution in [-0.2, 0) is 9.53 Å². The van der Waals surface area contributed by atoms with Crippen molar-refractivity contribution in [1.29, 1.82) is 0 Å². The first-order chi connectivity index (χ1) is 8.10. The maximum atomic E-state index is 11.7. The van der Waals surface area contributed by atoms with Gasteiger partial charge in [-0.3, -0.25) is 4.79 Å². The predicted molar refractivity (Wildman–Crippen MR) is 70.4 cm³/mol. The molecule has 0 aliphatic rings. The highest BCUT2D eigenvalue weighted by molar-refractivity contribution is 9.10. The fraction of sp³-hybridized carbons (Fsp3) is 0.462. The number of carbonyl (C=O) groups is 1. The van der Waals surface area contributed by atoms with Gasteiger partial charge in [-0.15, -0.1) is 0 Å². The first-order valence-corrected chi connectivity index (χ1v) is 6.48. The standard InChI is InChI=1S/C13H17BrO3/c1-4-16-12-8-10(14)6-7-11(12)9(3)13(15)17-5-2/h6-9H,4-5H2,1-3H3. The minimum absolute atomic E-state index is 0.226. The summed E-state index contributed by atoms with van der Waals surface area (Å²) in [6, 6.07) is 5.65. The Bertz CT molecular complexity index is 390. The third-order valence-corrected chi connectivity index (χ3v) is 2.88. The highest BCUT2D eigenvalue weighted by Crippen LogP contribution is 2.30. The van der Waals surface area contributed by atoms with E-state index in [9.17, 15) is 4.79 Å². The van der Waals surface area contributed by atoms with Crippen LogP contribution in [-0.4, -0.2) is 19.2 Å². The van der Waals surface area contributed by atoms with Crippen molar-refractivity contribution in [3.8, 4) is 5.75 Å². The molecule has 0 saturated heterocycles. The normalized spacial score (nSPS) is 12.0. The Kier molecular flexibility index (Phi) is 5.48. The van der Waals surface area contributed by atoms with Crippen LogP contribution in [0.25, 0.3) is 0 Å². The molecule has 3 nitrogen and oxygen atoms in total. The largest absolute Gasteiger partial charge is 0.494 e.